The smallest absolute Gasteiger partial charge is 0.245 e. The van der Waals surface area contributed by atoms with Gasteiger partial charge in [0.05, 0.1) is 12.2 Å². The Hall–Kier alpha value is -2.87. The van der Waals surface area contributed by atoms with Crippen LogP contribution in [-0.2, 0) is 0 Å². The molecule has 0 aliphatic carbocycles. The first-order chi connectivity index (χ1) is 13.6. The van der Waals surface area contributed by atoms with Crippen molar-refractivity contribution in [2.45, 2.75) is 43.6 Å². The number of hydrogen-bond donors (Lipinski definition) is 2. The summed E-state index contributed by atoms with van der Waals surface area (Å²) in [4.78, 5) is 10.3. The molecule has 2 fully saturated rings. The fourth-order valence-corrected chi connectivity index (χ4v) is 4.38. The molecule has 2 bridgehead atoms. The summed E-state index contributed by atoms with van der Waals surface area (Å²) in [7, 11) is 1.82. The van der Waals surface area contributed by atoms with Crippen LogP contribution >= 0.6 is 0 Å². The predicted octanol–water partition coefficient (Wildman–Crippen LogP) is 2.46. The van der Waals surface area contributed by atoms with Crippen LogP contribution in [0.5, 0.6) is 5.75 Å². The Kier molecular flexibility index (Phi) is 4.08. The molecule has 28 heavy (non-hydrogen) atoms. The minimum Gasteiger partial charge on any atom is -0.507 e. The lowest BCUT2D eigenvalue weighted by Crippen LogP contribution is -2.55. The van der Waals surface area contributed by atoms with Crippen molar-refractivity contribution in [2.24, 2.45) is 0 Å². The van der Waals surface area contributed by atoms with Gasteiger partial charge in [0.2, 0.25) is 5.95 Å². The topological polar surface area (TPSA) is 87.1 Å². The van der Waals surface area contributed by atoms with Gasteiger partial charge in [0, 0.05) is 42.5 Å². The van der Waals surface area contributed by atoms with Crippen molar-refractivity contribution >= 4 is 16.7 Å². The third-order valence-electron chi connectivity index (χ3n) is 5.95. The number of benzene rings is 1. The molecule has 1 aromatic carbocycles. The quantitative estimate of drug-likeness (QED) is 0.722. The number of hydrogen-bond acceptors (Lipinski definition) is 7. The maximum Gasteiger partial charge on any atom is 0.245 e. The van der Waals surface area contributed by atoms with E-state index in [9.17, 15) is 9.50 Å². The molecule has 0 saturated carbocycles. The number of fused-ring (bicyclic) bond motifs is 3. The van der Waals surface area contributed by atoms with E-state index in [2.05, 4.69) is 25.5 Å². The van der Waals surface area contributed by atoms with Crippen LogP contribution in [-0.4, -0.2) is 56.6 Å². The van der Waals surface area contributed by atoms with E-state index in [4.69, 9.17) is 0 Å². The number of nitrogens with one attached hydrogen (secondary N) is 1. The number of anilines is 1. The summed E-state index contributed by atoms with van der Waals surface area (Å²) in [6.45, 7) is 0. The van der Waals surface area contributed by atoms with E-state index in [1.165, 1.54) is 0 Å². The van der Waals surface area contributed by atoms with E-state index in [-0.39, 0.29) is 17.8 Å². The third-order valence-corrected chi connectivity index (χ3v) is 5.95. The highest BCUT2D eigenvalue weighted by Gasteiger charge is 2.44. The van der Waals surface area contributed by atoms with Gasteiger partial charge in [0.15, 0.2) is 0 Å². The number of aromatic nitrogens is 4. The van der Waals surface area contributed by atoms with E-state index in [0.717, 1.165) is 30.0 Å². The second kappa shape index (κ2) is 6.63. The van der Waals surface area contributed by atoms with E-state index in [0.29, 0.717) is 23.2 Å². The molecule has 1 unspecified atom stereocenters. The van der Waals surface area contributed by atoms with Crippen LogP contribution in [0.4, 0.5) is 10.3 Å². The molecule has 0 spiro atoms. The molecule has 8 heteroatoms. The normalized spacial score (nSPS) is 26.5. The van der Waals surface area contributed by atoms with Gasteiger partial charge in [0.1, 0.15) is 17.6 Å². The molecule has 4 heterocycles. The zero-order valence-corrected chi connectivity index (χ0v) is 15.5. The van der Waals surface area contributed by atoms with Crippen molar-refractivity contribution in [3.05, 3.63) is 36.8 Å². The Morgan fingerprint density at radius 1 is 1.18 bits per heavy atom. The van der Waals surface area contributed by atoms with Crippen LogP contribution in [0.15, 0.2) is 36.8 Å². The van der Waals surface area contributed by atoms with E-state index < -0.39 is 6.17 Å². The molecule has 5 rings (SSSR count). The second-order valence-corrected chi connectivity index (χ2v) is 7.64. The molecule has 3 aromatic rings. The first-order valence-electron chi connectivity index (χ1n) is 9.50. The number of phenols is 1. The number of pyridine rings is 1. The molecule has 2 aliphatic heterocycles. The number of rotatable bonds is 3. The fourth-order valence-electron chi connectivity index (χ4n) is 4.38. The van der Waals surface area contributed by atoms with Gasteiger partial charge in [-0.2, -0.15) is 0 Å². The standard InChI is InChI=1S/C20H21FN6O/c1-27(17-8-13-2-3-15(24-13)19(17)21)20-23-10-16(25-26-20)14-6-11-4-5-22-9-12(11)7-18(14)28/h4-7,9-10,13,15,17,19,24,28H,2-3,8H2,1H3/t13-,15?,17-,19+/m0/s1. The van der Waals surface area contributed by atoms with Crippen LogP contribution in [0, 0.1) is 0 Å². The Morgan fingerprint density at radius 2 is 2.07 bits per heavy atom. The summed E-state index contributed by atoms with van der Waals surface area (Å²) < 4.78 is 14.8. The molecule has 2 aromatic heterocycles. The lowest BCUT2D eigenvalue weighted by atomic mass is 9.97. The Labute approximate surface area is 161 Å². The lowest BCUT2D eigenvalue weighted by Gasteiger charge is -2.38. The summed E-state index contributed by atoms with van der Waals surface area (Å²) in [5.41, 5.74) is 1.02. The Morgan fingerprint density at radius 3 is 2.89 bits per heavy atom. The van der Waals surface area contributed by atoms with Gasteiger partial charge in [-0.1, -0.05) is 0 Å². The molecule has 4 atom stereocenters. The highest BCUT2D eigenvalue weighted by atomic mass is 19.1. The largest absolute Gasteiger partial charge is 0.507 e. The highest BCUT2D eigenvalue weighted by molar-refractivity contribution is 5.89. The average molecular weight is 380 g/mol. The molecular weight excluding hydrogens is 359 g/mol. The zero-order valence-electron chi connectivity index (χ0n) is 15.5. The lowest BCUT2D eigenvalue weighted by molar-refractivity contribution is 0.175. The van der Waals surface area contributed by atoms with Gasteiger partial charge in [-0.15, -0.1) is 10.2 Å². The molecule has 2 N–H and O–H groups in total. The number of halogens is 1. The van der Waals surface area contributed by atoms with Gasteiger partial charge >= 0.3 is 0 Å². The number of aromatic hydroxyl groups is 1. The second-order valence-electron chi connectivity index (χ2n) is 7.64. The van der Waals surface area contributed by atoms with Crippen molar-refractivity contribution < 1.29 is 9.50 Å². The molecule has 0 radical (unpaired) electrons. The first-order valence-corrected chi connectivity index (χ1v) is 9.50. The number of nitrogens with zero attached hydrogens (tertiary/aromatic N) is 5. The van der Waals surface area contributed by atoms with Crippen molar-refractivity contribution in [1.82, 2.24) is 25.5 Å². The zero-order chi connectivity index (χ0) is 19.3. The number of phenolic OH excluding ortho intramolecular Hbond substituents is 1. The molecule has 7 nitrogen and oxygen atoms in total. The van der Waals surface area contributed by atoms with Gasteiger partial charge in [-0.25, -0.2) is 9.37 Å². The van der Waals surface area contributed by atoms with E-state index in [1.54, 1.807) is 29.6 Å². The summed E-state index contributed by atoms with van der Waals surface area (Å²) in [5.74, 6) is 0.485. The summed E-state index contributed by atoms with van der Waals surface area (Å²) in [6, 6.07) is 5.38. The first kappa shape index (κ1) is 17.2. The molecular formula is C20H21FN6O. The number of piperidine rings is 1. The van der Waals surface area contributed by atoms with Crippen LogP contribution in [0.2, 0.25) is 0 Å². The van der Waals surface area contributed by atoms with E-state index in [1.807, 2.05) is 19.2 Å². The van der Waals surface area contributed by atoms with E-state index >= 15 is 0 Å². The van der Waals surface area contributed by atoms with Crippen molar-refractivity contribution in [3.63, 3.8) is 0 Å². The predicted molar refractivity (Wildman–Crippen MR) is 104 cm³/mol. The van der Waals surface area contributed by atoms with Crippen molar-refractivity contribution in [1.29, 1.82) is 0 Å². The van der Waals surface area contributed by atoms with Crippen molar-refractivity contribution in [3.8, 4) is 17.0 Å². The SMILES string of the molecule is CN(c1ncc(-c2cc3ccncc3cc2O)nn1)[C@H]1C[C@@H]2CCC(N2)[C@H]1F. The summed E-state index contributed by atoms with van der Waals surface area (Å²) in [5, 5.41) is 23.9. The maximum absolute atomic E-state index is 14.8. The Bertz CT molecular complexity index is 1010. The highest BCUT2D eigenvalue weighted by Crippen LogP contribution is 2.34. The Balaban J connectivity index is 1.42. The van der Waals surface area contributed by atoms with Crippen LogP contribution in [0.1, 0.15) is 19.3 Å². The van der Waals surface area contributed by atoms with Crippen LogP contribution in [0.25, 0.3) is 22.0 Å². The monoisotopic (exact) mass is 380 g/mol. The van der Waals surface area contributed by atoms with Crippen LogP contribution < -0.4 is 10.2 Å². The van der Waals surface area contributed by atoms with Gasteiger partial charge in [-0.05, 0) is 42.8 Å². The summed E-state index contributed by atoms with van der Waals surface area (Å²) in [6.07, 6.45) is 6.65. The number of alkyl halides is 1. The minimum absolute atomic E-state index is 0.0810. The van der Waals surface area contributed by atoms with Gasteiger partial charge < -0.3 is 15.3 Å². The minimum atomic E-state index is -0.954. The van der Waals surface area contributed by atoms with Crippen LogP contribution in [0.3, 0.4) is 0 Å². The molecule has 2 aliphatic rings. The third kappa shape index (κ3) is 2.84. The molecule has 2 saturated heterocycles. The van der Waals surface area contributed by atoms with Gasteiger partial charge in [-0.3, -0.25) is 4.98 Å². The summed E-state index contributed by atoms with van der Waals surface area (Å²) >= 11 is 0. The maximum atomic E-state index is 14.8. The molecule has 0 amide bonds. The fraction of sp³-hybridized carbons (Fsp3) is 0.400. The van der Waals surface area contributed by atoms with Gasteiger partial charge in [0.25, 0.3) is 0 Å². The average Bonchev–Trinajstić information content (AvgIpc) is 3.13. The molecule has 144 valence electrons. The van der Waals surface area contributed by atoms with Crippen molar-refractivity contribution in [2.75, 3.05) is 11.9 Å².